The van der Waals surface area contributed by atoms with Crippen molar-refractivity contribution in [1.29, 1.82) is 0 Å². The number of nitrogens with zero attached hydrogens (tertiary/aromatic N) is 1. The number of carbonyl (C=O) groups is 2. The van der Waals surface area contributed by atoms with Crippen LogP contribution in [0.15, 0.2) is 54.6 Å². The van der Waals surface area contributed by atoms with Crippen molar-refractivity contribution in [1.82, 2.24) is 10.2 Å². The van der Waals surface area contributed by atoms with E-state index in [1.165, 1.54) is 5.56 Å². The Kier molecular flexibility index (Phi) is 6.64. The summed E-state index contributed by atoms with van der Waals surface area (Å²) in [5.41, 5.74) is 3.11. The van der Waals surface area contributed by atoms with Gasteiger partial charge in [0.2, 0.25) is 5.91 Å². The van der Waals surface area contributed by atoms with Crippen molar-refractivity contribution < 1.29 is 9.59 Å². The number of benzene rings is 2. The normalized spacial score (nSPS) is 14.8. The van der Waals surface area contributed by atoms with Gasteiger partial charge in [0.1, 0.15) is 0 Å². The Bertz CT molecular complexity index is 748. The number of likely N-dealkylation sites (tertiary alicyclic amines) is 1. The first kappa shape index (κ1) is 19.2. The number of hydrogen-bond acceptors (Lipinski definition) is 2. The van der Waals surface area contributed by atoms with Crippen LogP contribution in [0.2, 0.25) is 0 Å². The van der Waals surface area contributed by atoms with Crippen molar-refractivity contribution in [3.63, 3.8) is 0 Å². The lowest BCUT2D eigenvalue weighted by Crippen LogP contribution is -2.38. The molecule has 0 aliphatic carbocycles. The van der Waals surface area contributed by atoms with E-state index in [2.05, 4.69) is 36.5 Å². The fourth-order valence-corrected chi connectivity index (χ4v) is 3.52. The standard InChI is InChI=1S/C23H28N2O2/c1-18-7-9-20(10-8-18)17-24-22(26)12-11-19-13-15-25(16-14-19)23(27)21-5-3-2-4-6-21/h2-10,19H,11-17H2,1H3,(H,24,26). The Labute approximate surface area is 161 Å². The third kappa shape index (κ3) is 5.68. The van der Waals surface area contributed by atoms with Crippen molar-refractivity contribution >= 4 is 11.8 Å². The number of rotatable bonds is 6. The van der Waals surface area contributed by atoms with Gasteiger partial charge in [-0.05, 0) is 49.8 Å². The van der Waals surface area contributed by atoms with Crippen molar-refractivity contribution in [3.8, 4) is 0 Å². The van der Waals surface area contributed by atoms with Gasteiger partial charge in [-0.3, -0.25) is 9.59 Å². The van der Waals surface area contributed by atoms with Gasteiger partial charge < -0.3 is 10.2 Å². The molecule has 1 N–H and O–H groups in total. The number of nitrogens with one attached hydrogen (secondary N) is 1. The van der Waals surface area contributed by atoms with Crippen LogP contribution >= 0.6 is 0 Å². The van der Waals surface area contributed by atoms with E-state index in [1.807, 2.05) is 35.2 Å². The van der Waals surface area contributed by atoms with E-state index < -0.39 is 0 Å². The highest BCUT2D eigenvalue weighted by Crippen LogP contribution is 2.23. The maximum Gasteiger partial charge on any atom is 0.253 e. The maximum absolute atomic E-state index is 12.5. The van der Waals surface area contributed by atoms with Crippen LogP contribution in [0.3, 0.4) is 0 Å². The largest absolute Gasteiger partial charge is 0.352 e. The van der Waals surface area contributed by atoms with Gasteiger partial charge in [-0.2, -0.15) is 0 Å². The summed E-state index contributed by atoms with van der Waals surface area (Å²) in [7, 11) is 0. The summed E-state index contributed by atoms with van der Waals surface area (Å²) in [5.74, 6) is 0.748. The topological polar surface area (TPSA) is 49.4 Å². The van der Waals surface area contributed by atoms with Crippen LogP contribution in [0.5, 0.6) is 0 Å². The van der Waals surface area contributed by atoms with Crippen LogP contribution in [-0.2, 0) is 11.3 Å². The molecule has 142 valence electrons. The Morgan fingerprint density at radius 2 is 1.67 bits per heavy atom. The molecule has 2 amide bonds. The van der Waals surface area contributed by atoms with Gasteiger partial charge in [0.25, 0.3) is 5.91 Å². The van der Waals surface area contributed by atoms with Crippen LogP contribution in [0.4, 0.5) is 0 Å². The Morgan fingerprint density at radius 1 is 1.00 bits per heavy atom. The zero-order valence-electron chi connectivity index (χ0n) is 16.0. The second kappa shape index (κ2) is 9.36. The van der Waals surface area contributed by atoms with E-state index in [1.54, 1.807) is 0 Å². The first-order chi connectivity index (χ1) is 13.1. The lowest BCUT2D eigenvalue weighted by atomic mass is 9.91. The molecular formula is C23H28N2O2. The molecule has 0 spiro atoms. The third-order valence-corrected chi connectivity index (χ3v) is 5.31. The van der Waals surface area contributed by atoms with E-state index in [0.29, 0.717) is 18.9 Å². The number of amides is 2. The first-order valence-corrected chi connectivity index (χ1v) is 9.78. The fourth-order valence-electron chi connectivity index (χ4n) is 3.52. The summed E-state index contributed by atoms with van der Waals surface area (Å²) in [6.45, 7) is 4.21. The van der Waals surface area contributed by atoms with Gasteiger partial charge in [0, 0.05) is 31.6 Å². The molecule has 0 bridgehead atoms. The predicted molar refractivity (Wildman–Crippen MR) is 107 cm³/mol. The molecule has 0 radical (unpaired) electrons. The molecule has 0 aromatic heterocycles. The predicted octanol–water partition coefficient (Wildman–Crippen LogP) is 3.94. The highest BCUT2D eigenvalue weighted by Gasteiger charge is 2.23. The number of hydrogen-bond donors (Lipinski definition) is 1. The van der Waals surface area contributed by atoms with Crippen LogP contribution in [-0.4, -0.2) is 29.8 Å². The van der Waals surface area contributed by atoms with Gasteiger partial charge >= 0.3 is 0 Å². The minimum atomic E-state index is 0.110. The molecule has 0 saturated carbocycles. The molecule has 0 atom stereocenters. The molecular weight excluding hydrogens is 336 g/mol. The molecule has 1 aliphatic rings. The fraction of sp³-hybridized carbons (Fsp3) is 0.391. The van der Waals surface area contributed by atoms with Gasteiger partial charge in [-0.25, -0.2) is 0 Å². The lowest BCUT2D eigenvalue weighted by molar-refractivity contribution is -0.121. The van der Waals surface area contributed by atoms with Crippen LogP contribution in [0.1, 0.15) is 47.2 Å². The van der Waals surface area contributed by atoms with Crippen molar-refractivity contribution in [2.75, 3.05) is 13.1 Å². The maximum atomic E-state index is 12.5. The summed E-state index contributed by atoms with van der Waals surface area (Å²) in [4.78, 5) is 26.5. The monoisotopic (exact) mass is 364 g/mol. The molecule has 3 rings (SSSR count). The van der Waals surface area contributed by atoms with Crippen molar-refractivity contribution in [3.05, 3.63) is 71.3 Å². The molecule has 1 heterocycles. The zero-order chi connectivity index (χ0) is 19.1. The van der Waals surface area contributed by atoms with Gasteiger partial charge in [0.05, 0.1) is 0 Å². The molecule has 4 heteroatoms. The van der Waals surface area contributed by atoms with E-state index >= 15 is 0 Å². The quantitative estimate of drug-likeness (QED) is 0.844. The molecule has 1 saturated heterocycles. The molecule has 2 aromatic rings. The molecule has 4 nitrogen and oxygen atoms in total. The summed E-state index contributed by atoms with van der Waals surface area (Å²) < 4.78 is 0. The molecule has 1 fully saturated rings. The average molecular weight is 364 g/mol. The van der Waals surface area contributed by atoms with Crippen molar-refractivity contribution in [2.45, 2.75) is 39.2 Å². The second-order valence-electron chi connectivity index (χ2n) is 7.40. The van der Waals surface area contributed by atoms with Crippen LogP contribution in [0, 0.1) is 12.8 Å². The molecule has 2 aromatic carbocycles. The highest BCUT2D eigenvalue weighted by molar-refractivity contribution is 5.94. The summed E-state index contributed by atoms with van der Waals surface area (Å²) >= 11 is 0. The summed E-state index contributed by atoms with van der Waals surface area (Å²) in [6.07, 6.45) is 3.41. The van der Waals surface area contributed by atoms with Gasteiger partial charge in [-0.15, -0.1) is 0 Å². The van der Waals surface area contributed by atoms with Gasteiger partial charge in [-0.1, -0.05) is 48.0 Å². The summed E-state index contributed by atoms with van der Waals surface area (Å²) in [5, 5.41) is 3.00. The van der Waals surface area contributed by atoms with E-state index in [-0.39, 0.29) is 11.8 Å². The minimum Gasteiger partial charge on any atom is -0.352 e. The average Bonchev–Trinajstić information content (AvgIpc) is 2.72. The summed E-state index contributed by atoms with van der Waals surface area (Å²) in [6, 6.07) is 17.7. The molecule has 27 heavy (non-hydrogen) atoms. The van der Waals surface area contributed by atoms with Crippen LogP contribution in [0.25, 0.3) is 0 Å². The smallest absolute Gasteiger partial charge is 0.253 e. The second-order valence-corrected chi connectivity index (χ2v) is 7.40. The molecule has 0 unspecified atom stereocenters. The minimum absolute atomic E-state index is 0.110. The SMILES string of the molecule is Cc1ccc(CNC(=O)CCC2CCN(C(=O)c3ccccc3)CC2)cc1. The first-order valence-electron chi connectivity index (χ1n) is 9.78. The number of carbonyl (C=O) groups excluding carboxylic acids is 2. The molecule has 1 aliphatic heterocycles. The zero-order valence-corrected chi connectivity index (χ0v) is 16.0. The lowest BCUT2D eigenvalue weighted by Gasteiger charge is -2.32. The Hall–Kier alpha value is -2.62. The highest BCUT2D eigenvalue weighted by atomic mass is 16.2. The third-order valence-electron chi connectivity index (χ3n) is 5.31. The number of aryl methyl sites for hydroxylation is 1. The van der Waals surface area contributed by atoms with Crippen molar-refractivity contribution in [2.24, 2.45) is 5.92 Å². The van der Waals surface area contributed by atoms with Crippen LogP contribution < -0.4 is 5.32 Å². The number of piperidine rings is 1. The van der Waals surface area contributed by atoms with Gasteiger partial charge in [0.15, 0.2) is 0 Å². The van der Waals surface area contributed by atoms with E-state index in [0.717, 1.165) is 43.5 Å². The Morgan fingerprint density at radius 3 is 2.33 bits per heavy atom. The Balaban J connectivity index is 1.36. The van der Waals surface area contributed by atoms with E-state index in [4.69, 9.17) is 0 Å². The van der Waals surface area contributed by atoms with E-state index in [9.17, 15) is 9.59 Å².